The number of nitrogens with one attached hydrogen (secondary N) is 6. The van der Waals surface area contributed by atoms with Crippen LogP contribution in [0.2, 0.25) is 0 Å². The molecule has 370 valence electrons. The molecular weight excluding hydrogens is 793 g/mol. The summed E-state index contributed by atoms with van der Waals surface area (Å²) in [6.45, 7) is 38.3. The van der Waals surface area contributed by atoms with E-state index in [1.54, 1.807) is 0 Å². The second-order valence-corrected chi connectivity index (χ2v) is 19.2. The van der Waals surface area contributed by atoms with Crippen molar-refractivity contribution < 1.29 is 28.5 Å². The van der Waals surface area contributed by atoms with Crippen LogP contribution in [-0.4, -0.2) is 238 Å². The van der Waals surface area contributed by atoms with E-state index in [0.717, 1.165) is 111 Å². The molecule has 0 unspecified atom stereocenters. The molecule has 0 aromatic carbocycles. The Bertz CT molecular complexity index is 1110. The van der Waals surface area contributed by atoms with Gasteiger partial charge in [0.1, 0.15) is 13.2 Å². The SMILES string of the molecule is CNCCN(CCN)CCNCCN(CCN)CCN(CCNCCN(CCNC)CCNC(=O)COC(C)(C)COC(C)(C)C)CCNC(=O)COC(C)(C)COC(C)(C)C. The molecule has 0 aliphatic carbocycles. The molecule has 0 aliphatic rings. The third-order valence-corrected chi connectivity index (χ3v) is 9.79. The average Bonchev–Trinajstić information content (AvgIpc) is 3.19. The smallest absolute Gasteiger partial charge is 0.246 e. The molecule has 18 heteroatoms. The van der Waals surface area contributed by atoms with Crippen LogP contribution in [0.4, 0.5) is 0 Å². The number of hydrogen-bond donors (Lipinski definition) is 8. The third kappa shape index (κ3) is 37.7. The molecule has 0 rings (SSSR count). The van der Waals surface area contributed by atoms with E-state index in [1.807, 2.05) is 83.3 Å². The van der Waals surface area contributed by atoms with Gasteiger partial charge in [0.2, 0.25) is 11.8 Å². The van der Waals surface area contributed by atoms with Crippen LogP contribution in [-0.2, 0) is 28.5 Å². The van der Waals surface area contributed by atoms with Gasteiger partial charge < -0.3 is 62.3 Å². The summed E-state index contributed by atoms with van der Waals surface area (Å²) in [5, 5.41) is 19.8. The number of rotatable bonds is 41. The molecule has 0 heterocycles. The molecule has 0 saturated heterocycles. The van der Waals surface area contributed by atoms with Crippen LogP contribution in [0.5, 0.6) is 0 Å². The minimum atomic E-state index is -0.579. The normalized spacial score (nSPS) is 13.0. The molecule has 0 radical (unpaired) electrons. The van der Waals surface area contributed by atoms with Crippen LogP contribution in [0.3, 0.4) is 0 Å². The predicted molar refractivity (Wildman–Crippen MR) is 255 cm³/mol. The van der Waals surface area contributed by atoms with Gasteiger partial charge in [0.15, 0.2) is 0 Å². The molecule has 0 aliphatic heterocycles. The summed E-state index contributed by atoms with van der Waals surface area (Å²) in [5.74, 6) is -0.274. The fourth-order valence-corrected chi connectivity index (χ4v) is 5.92. The highest BCUT2D eigenvalue weighted by atomic mass is 16.6. The van der Waals surface area contributed by atoms with Crippen LogP contribution in [0.15, 0.2) is 0 Å². The second kappa shape index (κ2) is 34.7. The fourth-order valence-electron chi connectivity index (χ4n) is 5.92. The zero-order valence-corrected chi connectivity index (χ0v) is 41.8. The average molecular weight is 891 g/mol. The van der Waals surface area contributed by atoms with Crippen molar-refractivity contribution in [3.63, 3.8) is 0 Å². The predicted octanol–water partition coefficient (Wildman–Crippen LogP) is -0.817. The Balaban J connectivity index is 5.16. The molecule has 0 saturated carbocycles. The number of hydrogen-bond acceptors (Lipinski definition) is 16. The molecule has 18 nitrogen and oxygen atoms in total. The Hall–Kier alpha value is -1.62. The van der Waals surface area contributed by atoms with Crippen LogP contribution in [0, 0.1) is 0 Å². The van der Waals surface area contributed by atoms with Crippen molar-refractivity contribution in [3.8, 4) is 0 Å². The Labute approximate surface area is 378 Å². The molecule has 0 bridgehead atoms. The molecule has 2 amide bonds. The Morgan fingerprint density at radius 3 is 1.03 bits per heavy atom. The molecule has 62 heavy (non-hydrogen) atoms. The van der Waals surface area contributed by atoms with E-state index >= 15 is 0 Å². The van der Waals surface area contributed by atoms with Gasteiger partial charge in [-0.3, -0.25) is 29.2 Å². The summed E-state index contributed by atoms with van der Waals surface area (Å²) in [5.41, 5.74) is 10.2. The first-order valence-corrected chi connectivity index (χ1v) is 23.2. The number of amides is 2. The maximum absolute atomic E-state index is 12.8. The van der Waals surface area contributed by atoms with Crippen molar-refractivity contribution in [2.45, 2.75) is 91.6 Å². The van der Waals surface area contributed by atoms with Crippen molar-refractivity contribution in [1.82, 2.24) is 51.5 Å². The summed E-state index contributed by atoms with van der Waals surface area (Å²) >= 11 is 0. The molecular formula is C44H98N12O6. The Kier molecular flexibility index (Phi) is 33.8. The summed E-state index contributed by atoms with van der Waals surface area (Å²) in [4.78, 5) is 34.9. The van der Waals surface area contributed by atoms with Gasteiger partial charge in [-0.1, -0.05) is 0 Å². The number of carbonyl (C=O) groups excluding carboxylic acids is 2. The van der Waals surface area contributed by atoms with Crippen molar-refractivity contribution >= 4 is 11.8 Å². The summed E-state index contributed by atoms with van der Waals surface area (Å²) < 4.78 is 23.5. The first-order chi connectivity index (χ1) is 29.1. The van der Waals surface area contributed by atoms with Crippen molar-refractivity contribution in [3.05, 3.63) is 0 Å². The summed E-state index contributed by atoms with van der Waals surface area (Å²) in [6.07, 6.45) is 0. The second-order valence-electron chi connectivity index (χ2n) is 19.2. The van der Waals surface area contributed by atoms with E-state index < -0.39 is 11.2 Å². The summed E-state index contributed by atoms with van der Waals surface area (Å²) in [7, 11) is 3.92. The van der Waals surface area contributed by atoms with Gasteiger partial charge in [-0.2, -0.15) is 0 Å². The van der Waals surface area contributed by atoms with Gasteiger partial charge in [-0.15, -0.1) is 0 Å². The molecule has 0 aromatic rings. The van der Waals surface area contributed by atoms with E-state index in [4.69, 9.17) is 30.4 Å². The van der Waals surface area contributed by atoms with Crippen LogP contribution in [0.25, 0.3) is 0 Å². The van der Waals surface area contributed by atoms with Crippen LogP contribution < -0.4 is 43.4 Å². The minimum absolute atomic E-state index is 0.00933. The zero-order chi connectivity index (χ0) is 46.9. The quantitative estimate of drug-likeness (QED) is 0.0353. The zero-order valence-electron chi connectivity index (χ0n) is 41.8. The van der Waals surface area contributed by atoms with Gasteiger partial charge in [0.05, 0.1) is 35.6 Å². The van der Waals surface area contributed by atoms with Crippen LogP contribution in [0.1, 0.15) is 69.2 Å². The Morgan fingerprint density at radius 2 is 0.710 bits per heavy atom. The first kappa shape index (κ1) is 60.4. The van der Waals surface area contributed by atoms with E-state index in [2.05, 4.69) is 51.5 Å². The standard InChI is InChI=1S/C44H98N12O6/c1-41(2,3)61-37-43(7,8)59-35-39(57)51-21-31-55(26-16-48-12)29-19-50-20-30-56(32-22-52-40(58)36-60-44(9,10)38-62-42(4,5)6)34-33-54(24-14-46)28-18-49-17-27-53(23-13-45)25-15-47-11/h47-50H,13-38,45-46H2,1-12H3,(H,51,57)(H,52,58). The highest BCUT2D eigenvalue weighted by Gasteiger charge is 2.25. The summed E-state index contributed by atoms with van der Waals surface area (Å²) in [6, 6.07) is 0. The maximum Gasteiger partial charge on any atom is 0.246 e. The molecule has 0 fully saturated rings. The first-order valence-electron chi connectivity index (χ1n) is 23.2. The number of likely N-dealkylation sites (N-methyl/N-ethyl adjacent to an activating group) is 2. The highest BCUT2D eigenvalue weighted by Crippen LogP contribution is 2.16. The van der Waals surface area contributed by atoms with Crippen molar-refractivity contribution in [2.24, 2.45) is 11.5 Å². The molecule has 0 spiro atoms. The number of nitrogens with two attached hydrogens (primary N) is 2. The number of nitrogens with zero attached hydrogens (tertiary/aromatic N) is 4. The molecule has 0 atom stereocenters. The lowest BCUT2D eigenvalue weighted by atomic mass is 10.1. The minimum Gasteiger partial charge on any atom is -0.373 e. The third-order valence-electron chi connectivity index (χ3n) is 9.79. The van der Waals surface area contributed by atoms with Gasteiger partial charge in [0.25, 0.3) is 0 Å². The van der Waals surface area contributed by atoms with Gasteiger partial charge >= 0.3 is 0 Å². The monoisotopic (exact) mass is 891 g/mol. The topological polar surface area (TPSA) is 208 Å². The van der Waals surface area contributed by atoms with Gasteiger partial charge in [-0.25, -0.2) is 0 Å². The lowest BCUT2D eigenvalue weighted by molar-refractivity contribution is -0.142. The van der Waals surface area contributed by atoms with E-state index in [1.165, 1.54) is 0 Å². The fraction of sp³-hybridized carbons (Fsp3) is 0.955. The molecule has 10 N–H and O–H groups in total. The largest absolute Gasteiger partial charge is 0.373 e. The van der Waals surface area contributed by atoms with E-state index in [-0.39, 0.29) is 36.2 Å². The van der Waals surface area contributed by atoms with Gasteiger partial charge in [-0.05, 0) is 83.3 Å². The van der Waals surface area contributed by atoms with E-state index in [9.17, 15) is 9.59 Å². The van der Waals surface area contributed by atoms with Crippen LogP contribution >= 0.6 is 0 Å². The lowest BCUT2D eigenvalue weighted by Crippen LogP contribution is -2.46. The maximum atomic E-state index is 12.8. The molecule has 0 aromatic heterocycles. The number of carbonyl (C=O) groups is 2. The highest BCUT2D eigenvalue weighted by molar-refractivity contribution is 5.77. The lowest BCUT2D eigenvalue weighted by Gasteiger charge is -2.30. The van der Waals surface area contributed by atoms with Crippen molar-refractivity contribution in [1.29, 1.82) is 0 Å². The van der Waals surface area contributed by atoms with Crippen molar-refractivity contribution in [2.75, 3.05) is 185 Å². The Morgan fingerprint density at radius 1 is 0.419 bits per heavy atom. The van der Waals surface area contributed by atoms with E-state index in [0.29, 0.717) is 45.9 Å². The number of ether oxygens (including phenoxy) is 4. The van der Waals surface area contributed by atoms with Gasteiger partial charge in [0, 0.05) is 144 Å².